The SMILES string of the molecule is COc1ccc(/C=C/C(=O)Nc2ccc(OC(F)F)cc2)cc1F. The fourth-order valence-electron chi connectivity index (χ4n) is 1.86. The molecule has 0 saturated carbocycles. The zero-order valence-electron chi connectivity index (χ0n) is 12.6. The third-order valence-electron chi connectivity index (χ3n) is 2.95. The Morgan fingerprint density at radius 1 is 1.17 bits per heavy atom. The topological polar surface area (TPSA) is 47.6 Å². The molecule has 2 rings (SSSR count). The molecule has 24 heavy (non-hydrogen) atoms. The second-order valence-electron chi connectivity index (χ2n) is 4.62. The number of amides is 1. The van der Waals surface area contributed by atoms with Crippen molar-refractivity contribution in [1.29, 1.82) is 0 Å². The average Bonchev–Trinajstić information content (AvgIpc) is 2.54. The van der Waals surface area contributed by atoms with Crippen LogP contribution in [0.3, 0.4) is 0 Å². The predicted molar refractivity (Wildman–Crippen MR) is 83.7 cm³/mol. The second kappa shape index (κ2) is 8.05. The summed E-state index contributed by atoms with van der Waals surface area (Å²) in [5.41, 5.74) is 0.899. The maximum atomic E-state index is 13.5. The Kier molecular flexibility index (Phi) is 5.83. The van der Waals surface area contributed by atoms with Crippen LogP contribution in [-0.2, 0) is 4.79 Å². The molecule has 7 heteroatoms. The Bertz CT molecular complexity index is 730. The summed E-state index contributed by atoms with van der Waals surface area (Å²) in [5, 5.41) is 2.54. The van der Waals surface area contributed by atoms with Crippen LogP contribution in [0.25, 0.3) is 6.08 Å². The smallest absolute Gasteiger partial charge is 0.387 e. The number of halogens is 3. The molecule has 2 aromatic rings. The standard InChI is InChI=1S/C17H14F3NO3/c1-23-15-8-2-11(10-14(15)18)3-9-16(22)21-12-4-6-13(7-5-12)24-17(19)20/h2-10,17H,1H3,(H,21,22)/b9-3+. The van der Waals surface area contributed by atoms with Gasteiger partial charge in [-0.05, 0) is 48.0 Å². The first kappa shape index (κ1) is 17.4. The third-order valence-corrected chi connectivity index (χ3v) is 2.95. The molecule has 126 valence electrons. The van der Waals surface area contributed by atoms with E-state index in [9.17, 15) is 18.0 Å². The number of benzene rings is 2. The molecule has 0 aliphatic rings. The van der Waals surface area contributed by atoms with Gasteiger partial charge >= 0.3 is 6.61 Å². The lowest BCUT2D eigenvalue weighted by Crippen LogP contribution is -2.08. The van der Waals surface area contributed by atoms with Gasteiger partial charge in [0.15, 0.2) is 11.6 Å². The molecule has 0 bridgehead atoms. The van der Waals surface area contributed by atoms with Crippen LogP contribution in [-0.4, -0.2) is 19.6 Å². The molecular weight excluding hydrogens is 323 g/mol. The van der Waals surface area contributed by atoms with E-state index in [1.807, 2.05) is 0 Å². The minimum atomic E-state index is -2.90. The summed E-state index contributed by atoms with van der Waals surface area (Å²) in [4.78, 5) is 11.8. The number of nitrogens with one attached hydrogen (secondary N) is 1. The van der Waals surface area contributed by atoms with Gasteiger partial charge in [-0.15, -0.1) is 0 Å². The van der Waals surface area contributed by atoms with E-state index in [1.54, 1.807) is 6.07 Å². The molecule has 0 aliphatic carbocycles. The van der Waals surface area contributed by atoms with Crippen molar-refractivity contribution in [1.82, 2.24) is 0 Å². The fourth-order valence-corrected chi connectivity index (χ4v) is 1.86. The van der Waals surface area contributed by atoms with Crippen molar-refractivity contribution >= 4 is 17.7 Å². The molecule has 0 radical (unpaired) electrons. The first-order valence-electron chi connectivity index (χ1n) is 6.85. The zero-order chi connectivity index (χ0) is 17.5. The number of rotatable bonds is 6. The molecule has 2 aromatic carbocycles. The summed E-state index contributed by atoms with van der Waals surface area (Å²) in [6.07, 6.45) is 2.66. The molecule has 0 atom stereocenters. The maximum absolute atomic E-state index is 13.5. The van der Waals surface area contributed by atoms with Crippen LogP contribution in [0.1, 0.15) is 5.56 Å². The summed E-state index contributed by atoms with van der Waals surface area (Å²) in [6.45, 7) is -2.90. The Morgan fingerprint density at radius 3 is 2.46 bits per heavy atom. The summed E-state index contributed by atoms with van der Waals surface area (Å²) < 4.78 is 46.6. The minimum absolute atomic E-state index is 0.00718. The highest BCUT2D eigenvalue weighted by Crippen LogP contribution is 2.19. The highest BCUT2D eigenvalue weighted by molar-refractivity contribution is 6.01. The van der Waals surface area contributed by atoms with E-state index in [2.05, 4.69) is 10.1 Å². The van der Waals surface area contributed by atoms with E-state index >= 15 is 0 Å². The number of alkyl halides is 2. The van der Waals surface area contributed by atoms with E-state index < -0.39 is 18.3 Å². The van der Waals surface area contributed by atoms with Gasteiger partial charge in [0, 0.05) is 11.8 Å². The lowest BCUT2D eigenvalue weighted by molar-refractivity contribution is -0.111. The van der Waals surface area contributed by atoms with Gasteiger partial charge in [0.05, 0.1) is 7.11 Å². The van der Waals surface area contributed by atoms with Gasteiger partial charge in [0.1, 0.15) is 5.75 Å². The quantitative estimate of drug-likeness (QED) is 0.808. The van der Waals surface area contributed by atoms with Crippen molar-refractivity contribution in [3.8, 4) is 11.5 Å². The lowest BCUT2D eigenvalue weighted by atomic mass is 10.2. The summed E-state index contributed by atoms with van der Waals surface area (Å²) in [7, 11) is 1.36. The van der Waals surface area contributed by atoms with Gasteiger partial charge < -0.3 is 14.8 Å². The number of hydrogen-bond acceptors (Lipinski definition) is 3. The highest BCUT2D eigenvalue weighted by Gasteiger charge is 2.05. The number of carbonyl (C=O) groups excluding carboxylic acids is 1. The summed E-state index contributed by atoms with van der Waals surface area (Å²) >= 11 is 0. The molecular formula is C17H14F3NO3. The Labute approximate surface area is 136 Å². The summed E-state index contributed by atoms with van der Waals surface area (Å²) in [5.74, 6) is -0.876. The van der Waals surface area contributed by atoms with Crippen LogP contribution in [0, 0.1) is 5.82 Å². The predicted octanol–water partition coefficient (Wildman–Crippen LogP) is 4.09. The molecule has 0 unspecified atom stereocenters. The van der Waals surface area contributed by atoms with E-state index in [1.165, 1.54) is 55.7 Å². The summed E-state index contributed by atoms with van der Waals surface area (Å²) in [6, 6.07) is 9.76. The Balaban J connectivity index is 1.96. The molecule has 0 saturated heterocycles. The van der Waals surface area contributed by atoms with Crippen LogP contribution < -0.4 is 14.8 Å². The van der Waals surface area contributed by atoms with Gasteiger partial charge in [0.2, 0.25) is 5.91 Å². The van der Waals surface area contributed by atoms with Crippen LogP contribution in [0.5, 0.6) is 11.5 Å². The van der Waals surface area contributed by atoms with Gasteiger partial charge in [0.25, 0.3) is 0 Å². The zero-order valence-corrected chi connectivity index (χ0v) is 12.6. The van der Waals surface area contributed by atoms with Crippen LogP contribution in [0.4, 0.5) is 18.9 Å². The Hall–Kier alpha value is -2.96. The molecule has 0 heterocycles. The maximum Gasteiger partial charge on any atom is 0.387 e. The third kappa shape index (κ3) is 5.05. The van der Waals surface area contributed by atoms with Gasteiger partial charge in [-0.1, -0.05) is 6.07 Å². The molecule has 1 amide bonds. The Morgan fingerprint density at radius 2 is 1.88 bits per heavy atom. The van der Waals surface area contributed by atoms with Crippen molar-refractivity contribution < 1.29 is 27.4 Å². The molecule has 0 spiro atoms. The molecule has 1 N–H and O–H groups in total. The highest BCUT2D eigenvalue weighted by atomic mass is 19.3. The lowest BCUT2D eigenvalue weighted by Gasteiger charge is -2.06. The number of anilines is 1. The van der Waals surface area contributed by atoms with E-state index in [0.717, 1.165) is 0 Å². The van der Waals surface area contributed by atoms with Gasteiger partial charge in [-0.3, -0.25) is 4.79 Å². The van der Waals surface area contributed by atoms with Gasteiger partial charge in [-0.2, -0.15) is 8.78 Å². The van der Waals surface area contributed by atoms with Crippen molar-refractivity contribution in [2.75, 3.05) is 12.4 Å². The van der Waals surface area contributed by atoms with E-state index in [4.69, 9.17) is 4.74 Å². The van der Waals surface area contributed by atoms with Gasteiger partial charge in [-0.25, -0.2) is 4.39 Å². The van der Waals surface area contributed by atoms with Crippen molar-refractivity contribution in [2.24, 2.45) is 0 Å². The van der Waals surface area contributed by atoms with Crippen LogP contribution in [0.15, 0.2) is 48.5 Å². The molecule has 0 fully saturated rings. The van der Waals surface area contributed by atoms with Crippen LogP contribution in [0.2, 0.25) is 0 Å². The van der Waals surface area contributed by atoms with Crippen LogP contribution >= 0.6 is 0 Å². The monoisotopic (exact) mass is 337 g/mol. The number of carbonyl (C=O) groups is 1. The molecule has 0 aromatic heterocycles. The largest absolute Gasteiger partial charge is 0.494 e. The number of hydrogen-bond donors (Lipinski definition) is 1. The fraction of sp³-hybridized carbons (Fsp3) is 0.118. The molecule has 4 nitrogen and oxygen atoms in total. The number of methoxy groups -OCH3 is 1. The van der Waals surface area contributed by atoms with E-state index in [-0.39, 0.29) is 11.5 Å². The molecule has 0 aliphatic heterocycles. The van der Waals surface area contributed by atoms with Crippen molar-refractivity contribution in [3.05, 3.63) is 59.9 Å². The van der Waals surface area contributed by atoms with E-state index in [0.29, 0.717) is 11.3 Å². The van der Waals surface area contributed by atoms with Crippen molar-refractivity contribution in [2.45, 2.75) is 6.61 Å². The number of ether oxygens (including phenoxy) is 2. The average molecular weight is 337 g/mol. The second-order valence-corrected chi connectivity index (χ2v) is 4.62. The first-order chi connectivity index (χ1) is 11.5. The normalized spacial score (nSPS) is 10.9. The van der Waals surface area contributed by atoms with Crippen molar-refractivity contribution in [3.63, 3.8) is 0 Å². The minimum Gasteiger partial charge on any atom is -0.494 e. The first-order valence-corrected chi connectivity index (χ1v) is 6.85.